The number of phenolic OH excluding ortho intramolecular Hbond substituents is 1. The molecule has 3 aromatic carbocycles. The number of ether oxygens (including phenoxy) is 1. The first-order chi connectivity index (χ1) is 14.2. The minimum atomic E-state index is -0.161. The summed E-state index contributed by atoms with van der Waals surface area (Å²) in [6, 6.07) is 24.0. The maximum absolute atomic E-state index is 12.8. The molecule has 148 valence electrons. The summed E-state index contributed by atoms with van der Waals surface area (Å²) in [6.45, 7) is 2.46. The molecular weight excluding hydrogens is 366 g/mol. The predicted molar refractivity (Wildman–Crippen MR) is 114 cm³/mol. The number of urea groups is 1. The summed E-state index contributed by atoms with van der Waals surface area (Å²) in [5, 5.41) is 13.0. The van der Waals surface area contributed by atoms with Crippen LogP contribution in [0.3, 0.4) is 0 Å². The van der Waals surface area contributed by atoms with E-state index in [0.717, 1.165) is 5.69 Å². The highest BCUT2D eigenvalue weighted by atomic mass is 16.5. The van der Waals surface area contributed by atoms with Crippen LogP contribution in [-0.4, -0.2) is 42.2 Å². The van der Waals surface area contributed by atoms with Crippen LogP contribution in [0.4, 0.5) is 16.2 Å². The largest absolute Gasteiger partial charge is 0.506 e. The molecule has 0 aliphatic carbocycles. The number of nitrogens with zero attached hydrogens (tertiary/aromatic N) is 2. The van der Waals surface area contributed by atoms with Crippen molar-refractivity contribution in [1.82, 2.24) is 4.90 Å². The number of piperazine rings is 1. The lowest BCUT2D eigenvalue weighted by atomic mass is 10.2. The Morgan fingerprint density at radius 3 is 2.24 bits per heavy atom. The van der Waals surface area contributed by atoms with Crippen LogP contribution in [0.25, 0.3) is 0 Å². The first-order valence-electron chi connectivity index (χ1n) is 9.61. The van der Waals surface area contributed by atoms with E-state index in [0.29, 0.717) is 43.4 Å². The smallest absolute Gasteiger partial charge is 0.322 e. The molecule has 1 fully saturated rings. The van der Waals surface area contributed by atoms with Gasteiger partial charge in [0, 0.05) is 26.2 Å². The van der Waals surface area contributed by atoms with Crippen LogP contribution in [0, 0.1) is 0 Å². The second kappa shape index (κ2) is 8.56. The molecule has 0 unspecified atom stereocenters. The van der Waals surface area contributed by atoms with Gasteiger partial charge in [-0.3, -0.25) is 0 Å². The molecule has 4 rings (SSSR count). The van der Waals surface area contributed by atoms with Crippen LogP contribution in [-0.2, 0) is 0 Å². The Hall–Kier alpha value is -3.67. The maximum atomic E-state index is 12.8. The molecule has 29 heavy (non-hydrogen) atoms. The fraction of sp³-hybridized carbons (Fsp3) is 0.174. The molecule has 1 heterocycles. The lowest BCUT2D eigenvalue weighted by molar-refractivity contribution is 0.208. The number of benzene rings is 3. The van der Waals surface area contributed by atoms with Crippen molar-refractivity contribution < 1.29 is 14.6 Å². The van der Waals surface area contributed by atoms with Gasteiger partial charge in [0.25, 0.3) is 0 Å². The second-order valence-corrected chi connectivity index (χ2v) is 6.80. The Kier molecular flexibility index (Phi) is 5.52. The van der Waals surface area contributed by atoms with E-state index < -0.39 is 0 Å². The highest BCUT2D eigenvalue weighted by molar-refractivity contribution is 5.91. The van der Waals surface area contributed by atoms with Crippen molar-refractivity contribution in [3.63, 3.8) is 0 Å². The number of nitrogens with one attached hydrogen (secondary N) is 1. The molecule has 0 bridgehead atoms. The number of para-hydroxylation sites is 5. The number of phenols is 1. The zero-order valence-corrected chi connectivity index (χ0v) is 16.0. The van der Waals surface area contributed by atoms with E-state index in [1.54, 1.807) is 17.0 Å². The van der Waals surface area contributed by atoms with Crippen LogP contribution >= 0.6 is 0 Å². The van der Waals surface area contributed by atoms with Gasteiger partial charge in [0.1, 0.15) is 11.5 Å². The molecular formula is C23H23N3O3. The first kappa shape index (κ1) is 18.7. The monoisotopic (exact) mass is 389 g/mol. The molecule has 0 saturated carbocycles. The van der Waals surface area contributed by atoms with Crippen molar-refractivity contribution >= 4 is 17.4 Å². The summed E-state index contributed by atoms with van der Waals surface area (Å²) < 4.78 is 5.92. The standard InChI is InChI=1S/C23H23N3O3/c27-21-12-6-5-11-20(21)25-14-16-26(17-15-25)23(28)24-19-10-4-7-13-22(19)29-18-8-2-1-3-9-18/h1-13,27H,14-17H2,(H,24,28). The summed E-state index contributed by atoms with van der Waals surface area (Å²) in [5.41, 5.74) is 1.43. The van der Waals surface area contributed by atoms with Crippen molar-refractivity contribution in [2.75, 3.05) is 36.4 Å². The molecule has 2 amide bonds. The quantitative estimate of drug-likeness (QED) is 0.688. The number of rotatable bonds is 4. The van der Waals surface area contributed by atoms with E-state index in [4.69, 9.17) is 4.74 Å². The average molecular weight is 389 g/mol. The first-order valence-corrected chi connectivity index (χ1v) is 9.61. The van der Waals surface area contributed by atoms with E-state index >= 15 is 0 Å². The summed E-state index contributed by atoms with van der Waals surface area (Å²) in [7, 11) is 0. The number of carbonyl (C=O) groups excluding carboxylic acids is 1. The van der Waals surface area contributed by atoms with Gasteiger partial charge in [0.05, 0.1) is 11.4 Å². The van der Waals surface area contributed by atoms with Crippen LogP contribution in [0.5, 0.6) is 17.2 Å². The lowest BCUT2D eigenvalue weighted by Crippen LogP contribution is -2.50. The third kappa shape index (κ3) is 4.43. The Bertz CT molecular complexity index is 970. The van der Waals surface area contributed by atoms with E-state index in [9.17, 15) is 9.90 Å². The third-order valence-corrected chi connectivity index (χ3v) is 4.89. The number of hydrogen-bond acceptors (Lipinski definition) is 4. The molecule has 2 N–H and O–H groups in total. The Morgan fingerprint density at radius 2 is 1.48 bits per heavy atom. The van der Waals surface area contributed by atoms with Crippen LogP contribution < -0.4 is 15.0 Å². The molecule has 1 aliphatic heterocycles. The van der Waals surface area contributed by atoms with Crippen LogP contribution in [0.2, 0.25) is 0 Å². The molecule has 1 aliphatic rings. The fourth-order valence-corrected chi connectivity index (χ4v) is 3.35. The van der Waals surface area contributed by atoms with Gasteiger partial charge in [0.15, 0.2) is 5.75 Å². The van der Waals surface area contributed by atoms with Gasteiger partial charge in [-0.15, -0.1) is 0 Å². The van der Waals surface area contributed by atoms with E-state index in [1.807, 2.05) is 66.7 Å². The van der Waals surface area contributed by atoms with Gasteiger partial charge in [-0.25, -0.2) is 4.79 Å². The summed E-state index contributed by atoms with van der Waals surface area (Å²) in [4.78, 5) is 16.6. The number of amides is 2. The van der Waals surface area contributed by atoms with Gasteiger partial charge >= 0.3 is 6.03 Å². The molecule has 3 aromatic rings. The van der Waals surface area contributed by atoms with Crippen molar-refractivity contribution in [2.45, 2.75) is 0 Å². The molecule has 0 atom stereocenters. The Balaban J connectivity index is 1.39. The average Bonchev–Trinajstić information content (AvgIpc) is 2.76. The van der Waals surface area contributed by atoms with Gasteiger partial charge in [-0.2, -0.15) is 0 Å². The van der Waals surface area contributed by atoms with E-state index in [-0.39, 0.29) is 11.8 Å². The lowest BCUT2D eigenvalue weighted by Gasteiger charge is -2.36. The molecule has 0 radical (unpaired) electrons. The van der Waals surface area contributed by atoms with Crippen molar-refractivity contribution in [3.05, 3.63) is 78.9 Å². The molecule has 6 nitrogen and oxygen atoms in total. The maximum Gasteiger partial charge on any atom is 0.322 e. The minimum Gasteiger partial charge on any atom is -0.506 e. The van der Waals surface area contributed by atoms with Gasteiger partial charge in [0.2, 0.25) is 0 Å². The number of hydrogen-bond donors (Lipinski definition) is 2. The zero-order valence-electron chi connectivity index (χ0n) is 16.0. The van der Waals surface area contributed by atoms with Crippen LogP contribution in [0.15, 0.2) is 78.9 Å². The Labute approximate surface area is 170 Å². The normalized spacial score (nSPS) is 13.8. The molecule has 1 saturated heterocycles. The molecule has 0 spiro atoms. The summed E-state index contributed by atoms with van der Waals surface area (Å²) in [6.07, 6.45) is 0. The molecule has 0 aromatic heterocycles. The highest BCUT2D eigenvalue weighted by Gasteiger charge is 2.23. The highest BCUT2D eigenvalue weighted by Crippen LogP contribution is 2.30. The third-order valence-electron chi connectivity index (χ3n) is 4.89. The number of aromatic hydroxyl groups is 1. The molecule has 6 heteroatoms. The van der Waals surface area contributed by atoms with Crippen molar-refractivity contribution in [3.8, 4) is 17.2 Å². The van der Waals surface area contributed by atoms with E-state index in [1.165, 1.54) is 0 Å². The number of carbonyl (C=O) groups is 1. The summed E-state index contributed by atoms with van der Waals surface area (Å²) >= 11 is 0. The predicted octanol–water partition coefficient (Wildman–Crippen LogP) is 4.54. The number of anilines is 2. The van der Waals surface area contributed by atoms with Gasteiger partial charge < -0.3 is 25.0 Å². The zero-order chi connectivity index (χ0) is 20.1. The SMILES string of the molecule is O=C(Nc1ccccc1Oc1ccccc1)N1CCN(c2ccccc2O)CC1. The van der Waals surface area contributed by atoms with Crippen molar-refractivity contribution in [1.29, 1.82) is 0 Å². The fourth-order valence-electron chi connectivity index (χ4n) is 3.35. The van der Waals surface area contributed by atoms with E-state index in [2.05, 4.69) is 10.2 Å². The van der Waals surface area contributed by atoms with Gasteiger partial charge in [-0.1, -0.05) is 42.5 Å². The topological polar surface area (TPSA) is 65.0 Å². The Morgan fingerprint density at radius 1 is 0.828 bits per heavy atom. The second-order valence-electron chi connectivity index (χ2n) is 6.80. The van der Waals surface area contributed by atoms with Gasteiger partial charge in [-0.05, 0) is 36.4 Å². The van der Waals surface area contributed by atoms with Crippen molar-refractivity contribution in [2.24, 2.45) is 0 Å². The van der Waals surface area contributed by atoms with Crippen LogP contribution in [0.1, 0.15) is 0 Å². The summed E-state index contributed by atoms with van der Waals surface area (Å²) in [5.74, 6) is 1.57. The minimum absolute atomic E-state index is 0.161.